The molecule has 0 radical (unpaired) electrons. The predicted molar refractivity (Wildman–Crippen MR) is 98.4 cm³/mol. The number of carbonyl (C=O) groups is 2. The quantitative estimate of drug-likeness (QED) is 0.759. The second kappa shape index (κ2) is 8.59. The lowest BCUT2D eigenvalue weighted by Gasteiger charge is -2.31. The average molecular weight is 374 g/mol. The number of hydrogen-bond donors (Lipinski definition) is 2. The summed E-state index contributed by atoms with van der Waals surface area (Å²) in [6.07, 6.45) is 1.49. The van der Waals surface area contributed by atoms with Crippen molar-refractivity contribution >= 4 is 17.5 Å². The van der Waals surface area contributed by atoms with Gasteiger partial charge in [-0.05, 0) is 24.3 Å². The molecule has 144 valence electrons. The van der Waals surface area contributed by atoms with Crippen molar-refractivity contribution in [3.8, 4) is 11.5 Å². The van der Waals surface area contributed by atoms with Crippen molar-refractivity contribution in [2.24, 2.45) is 0 Å². The number of piperazine rings is 1. The monoisotopic (exact) mass is 374 g/mol. The molecule has 1 aromatic heterocycles. The lowest BCUT2D eigenvalue weighted by molar-refractivity contribution is -0.895. The molecule has 8 nitrogen and oxygen atoms in total. The van der Waals surface area contributed by atoms with Crippen LogP contribution < -0.4 is 19.7 Å². The smallest absolute Gasteiger partial charge is 0.289 e. The lowest BCUT2D eigenvalue weighted by atomic mass is 10.2. The number of methoxy groups -OCH3 is 2. The summed E-state index contributed by atoms with van der Waals surface area (Å²) in [4.78, 5) is 27.5. The van der Waals surface area contributed by atoms with E-state index in [2.05, 4.69) is 5.32 Å². The molecule has 2 amide bonds. The van der Waals surface area contributed by atoms with Crippen molar-refractivity contribution < 1.29 is 28.4 Å². The van der Waals surface area contributed by atoms with Crippen molar-refractivity contribution in [3.05, 3.63) is 42.4 Å². The fraction of sp³-hybridized carbons (Fsp3) is 0.368. The SMILES string of the molecule is COc1ccc(NC(=O)C[NH+]2CCN(C(=O)c3ccco3)CC2)c(OC)c1. The van der Waals surface area contributed by atoms with Gasteiger partial charge in [-0.2, -0.15) is 0 Å². The van der Waals surface area contributed by atoms with E-state index in [1.54, 1.807) is 49.5 Å². The van der Waals surface area contributed by atoms with Crippen LogP contribution in [0.5, 0.6) is 11.5 Å². The third kappa shape index (κ3) is 4.59. The number of hydrogen-bond acceptors (Lipinski definition) is 5. The average Bonchev–Trinajstić information content (AvgIpc) is 3.23. The molecule has 27 heavy (non-hydrogen) atoms. The highest BCUT2D eigenvalue weighted by Crippen LogP contribution is 2.28. The Hall–Kier alpha value is -3.00. The van der Waals surface area contributed by atoms with Gasteiger partial charge in [0.1, 0.15) is 11.5 Å². The van der Waals surface area contributed by atoms with E-state index in [4.69, 9.17) is 13.9 Å². The first-order valence-corrected chi connectivity index (χ1v) is 8.79. The summed E-state index contributed by atoms with van der Waals surface area (Å²) in [6.45, 7) is 2.93. The van der Waals surface area contributed by atoms with Crippen molar-refractivity contribution in [2.75, 3.05) is 52.3 Å². The maximum absolute atomic E-state index is 12.4. The fourth-order valence-electron chi connectivity index (χ4n) is 3.08. The van der Waals surface area contributed by atoms with E-state index in [1.807, 2.05) is 0 Å². The number of furan rings is 1. The van der Waals surface area contributed by atoms with Gasteiger partial charge < -0.3 is 29.0 Å². The number of anilines is 1. The Kier molecular flexibility index (Phi) is 5.97. The molecule has 2 N–H and O–H groups in total. The maximum atomic E-state index is 12.4. The number of benzene rings is 1. The summed E-state index contributed by atoms with van der Waals surface area (Å²) in [5.74, 6) is 1.35. The molecule has 0 atom stereocenters. The zero-order valence-electron chi connectivity index (χ0n) is 15.5. The topological polar surface area (TPSA) is 85.5 Å². The summed E-state index contributed by atoms with van der Waals surface area (Å²) >= 11 is 0. The van der Waals surface area contributed by atoms with Gasteiger partial charge in [0.05, 0.1) is 52.3 Å². The largest absolute Gasteiger partial charge is 0.497 e. The van der Waals surface area contributed by atoms with Crippen molar-refractivity contribution in [3.63, 3.8) is 0 Å². The number of carbonyl (C=O) groups excluding carboxylic acids is 2. The second-order valence-electron chi connectivity index (χ2n) is 6.31. The zero-order chi connectivity index (χ0) is 19.2. The number of amides is 2. The van der Waals surface area contributed by atoms with Crippen molar-refractivity contribution in [2.45, 2.75) is 0 Å². The first kappa shape index (κ1) is 18.8. The molecule has 1 aliphatic heterocycles. The Morgan fingerprint density at radius 2 is 1.96 bits per heavy atom. The summed E-state index contributed by atoms with van der Waals surface area (Å²) < 4.78 is 15.6. The van der Waals surface area contributed by atoms with Crippen LogP contribution in [-0.4, -0.2) is 63.7 Å². The van der Waals surface area contributed by atoms with E-state index in [9.17, 15) is 9.59 Å². The normalized spacial score (nSPS) is 14.7. The van der Waals surface area contributed by atoms with Crippen molar-refractivity contribution in [1.82, 2.24) is 4.90 Å². The summed E-state index contributed by atoms with van der Waals surface area (Å²) in [5, 5.41) is 2.88. The van der Waals surface area contributed by atoms with Crippen LogP contribution in [0.2, 0.25) is 0 Å². The van der Waals surface area contributed by atoms with Crippen LogP contribution in [0.4, 0.5) is 5.69 Å². The molecule has 0 aliphatic carbocycles. The van der Waals surface area contributed by atoms with Gasteiger partial charge in [0, 0.05) is 6.07 Å². The molecule has 0 spiro atoms. The van der Waals surface area contributed by atoms with Gasteiger partial charge in [0.25, 0.3) is 11.8 Å². The minimum atomic E-state index is -0.105. The maximum Gasteiger partial charge on any atom is 0.289 e. The Morgan fingerprint density at radius 3 is 2.59 bits per heavy atom. The molecule has 8 heteroatoms. The fourth-order valence-corrected chi connectivity index (χ4v) is 3.08. The molecule has 0 saturated carbocycles. The number of nitrogens with zero attached hydrogens (tertiary/aromatic N) is 1. The van der Waals surface area contributed by atoms with Gasteiger partial charge >= 0.3 is 0 Å². The second-order valence-corrected chi connectivity index (χ2v) is 6.31. The summed E-state index contributed by atoms with van der Waals surface area (Å²) in [6, 6.07) is 8.61. The Balaban J connectivity index is 1.50. The molecule has 1 aromatic carbocycles. The molecule has 3 rings (SSSR count). The molecule has 2 heterocycles. The van der Waals surface area contributed by atoms with E-state index < -0.39 is 0 Å². The third-order valence-corrected chi connectivity index (χ3v) is 4.58. The van der Waals surface area contributed by atoms with Gasteiger partial charge in [-0.1, -0.05) is 0 Å². The van der Waals surface area contributed by atoms with E-state index in [1.165, 1.54) is 6.26 Å². The zero-order valence-corrected chi connectivity index (χ0v) is 15.5. The molecule has 1 aliphatic rings. The highest BCUT2D eigenvalue weighted by atomic mass is 16.5. The number of nitrogens with one attached hydrogen (secondary N) is 2. The number of rotatable bonds is 6. The Labute approximate surface area is 157 Å². The standard InChI is InChI=1S/C19H23N3O5/c1-25-14-5-6-15(17(12-14)26-2)20-18(23)13-21-7-9-22(10-8-21)19(24)16-4-3-11-27-16/h3-6,11-12H,7-10,13H2,1-2H3,(H,20,23)/p+1. The summed E-state index contributed by atoms with van der Waals surface area (Å²) in [7, 11) is 3.12. The first-order chi connectivity index (χ1) is 13.1. The molecule has 0 bridgehead atoms. The van der Waals surface area contributed by atoms with Crippen LogP contribution in [0, 0.1) is 0 Å². The highest BCUT2D eigenvalue weighted by molar-refractivity contribution is 5.93. The minimum absolute atomic E-state index is 0.0979. The Bertz CT molecular complexity index is 783. The molecule has 0 unspecified atom stereocenters. The highest BCUT2D eigenvalue weighted by Gasteiger charge is 2.27. The molecular weight excluding hydrogens is 350 g/mol. The van der Waals surface area contributed by atoms with E-state index in [-0.39, 0.29) is 11.8 Å². The van der Waals surface area contributed by atoms with Crippen molar-refractivity contribution in [1.29, 1.82) is 0 Å². The van der Waals surface area contributed by atoms with Crippen LogP contribution in [0.15, 0.2) is 41.0 Å². The van der Waals surface area contributed by atoms with Gasteiger partial charge in [0.15, 0.2) is 12.3 Å². The van der Waals surface area contributed by atoms with Crippen LogP contribution in [0.1, 0.15) is 10.6 Å². The van der Waals surface area contributed by atoms with Gasteiger partial charge in [0.2, 0.25) is 0 Å². The lowest BCUT2D eigenvalue weighted by Crippen LogP contribution is -3.15. The van der Waals surface area contributed by atoms with Gasteiger partial charge in [-0.3, -0.25) is 9.59 Å². The Morgan fingerprint density at radius 1 is 1.19 bits per heavy atom. The number of quaternary nitrogens is 1. The van der Waals surface area contributed by atoms with E-state index >= 15 is 0 Å². The molecular formula is C19H24N3O5+. The predicted octanol–water partition coefficient (Wildman–Crippen LogP) is 0.276. The first-order valence-electron chi connectivity index (χ1n) is 8.79. The molecule has 2 aromatic rings. The summed E-state index contributed by atoms with van der Waals surface area (Å²) in [5.41, 5.74) is 0.606. The van der Waals surface area contributed by atoms with Crippen LogP contribution in [-0.2, 0) is 4.79 Å². The van der Waals surface area contributed by atoms with E-state index in [0.717, 1.165) is 4.90 Å². The van der Waals surface area contributed by atoms with Crippen LogP contribution in [0.25, 0.3) is 0 Å². The van der Waals surface area contributed by atoms with E-state index in [0.29, 0.717) is 55.7 Å². The van der Waals surface area contributed by atoms with Crippen LogP contribution in [0.3, 0.4) is 0 Å². The van der Waals surface area contributed by atoms with Gasteiger partial charge in [-0.15, -0.1) is 0 Å². The van der Waals surface area contributed by atoms with Crippen LogP contribution >= 0.6 is 0 Å². The number of ether oxygens (including phenoxy) is 2. The minimum Gasteiger partial charge on any atom is -0.497 e. The molecule has 1 fully saturated rings. The van der Waals surface area contributed by atoms with Gasteiger partial charge in [-0.25, -0.2) is 0 Å². The molecule has 1 saturated heterocycles. The third-order valence-electron chi connectivity index (χ3n) is 4.58.